The van der Waals surface area contributed by atoms with Crippen LogP contribution in [0.4, 0.5) is 0 Å². The standard InChI is InChI=1S/C16H17N5OS/c17-16(5-1-2-6-16)15-20-13(22-21-15)8-12-10-23-14(19-12)11-4-3-7-18-9-11/h3-4,7,9-10H,1-2,5-6,8,17H2. The molecule has 0 aromatic carbocycles. The van der Waals surface area contributed by atoms with E-state index >= 15 is 0 Å². The van der Waals surface area contributed by atoms with Gasteiger partial charge in [0, 0.05) is 23.3 Å². The van der Waals surface area contributed by atoms with E-state index in [1.165, 1.54) is 0 Å². The Morgan fingerprint density at radius 2 is 2.13 bits per heavy atom. The lowest BCUT2D eigenvalue weighted by Crippen LogP contribution is -2.34. The average Bonchev–Trinajstić information content (AvgIpc) is 3.30. The molecule has 1 saturated carbocycles. The number of hydrogen-bond donors (Lipinski definition) is 1. The Kier molecular flexibility index (Phi) is 3.66. The molecule has 0 radical (unpaired) electrons. The molecule has 3 aromatic heterocycles. The molecule has 1 fully saturated rings. The molecule has 118 valence electrons. The van der Waals surface area contributed by atoms with Crippen LogP contribution in [0.2, 0.25) is 0 Å². The molecular formula is C16H17N5OS. The van der Waals surface area contributed by atoms with Crippen molar-refractivity contribution in [2.45, 2.75) is 37.6 Å². The van der Waals surface area contributed by atoms with E-state index < -0.39 is 5.54 Å². The van der Waals surface area contributed by atoms with E-state index in [-0.39, 0.29) is 0 Å². The zero-order chi connectivity index (χ0) is 15.7. The van der Waals surface area contributed by atoms with Gasteiger partial charge in [0.2, 0.25) is 5.89 Å². The molecule has 6 nitrogen and oxygen atoms in total. The number of nitrogens with two attached hydrogens (primary N) is 1. The van der Waals surface area contributed by atoms with Crippen LogP contribution < -0.4 is 5.73 Å². The van der Waals surface area contributed by atoms with Crippen LogP contribution in [0, 0.1) is 0 Å². The van der Waals surface area contributed by atoms with Gasteiger partial charge in [-0.05, 0) is 25.0 Å². The lowest BCUT2D eigenvalue weighted by Gasteiger charge is -2.17. The normalized spacial score (nSPS) is 16.7. The summed E-state index contributed by atoms with van der Waals surface area (Å²) >= 11 is 1.59. The van der Waals surface area contributed by atoms with Crippen LogP contribution in [-0.2, 0) is 12.0 Å². The third-order valence-corrected chi connectivity index (χ3v) is 5.14. The first kappa shape index (κ1) is 14.5. The van der Waals surface area contributed by atoms with Crippen molar-refractivity contribution in [3.8, 4) is 10.6 Å². The predicted octanol–water partition coefficient (Wildman–Crippen LogP) is 2.91. The van der Waals surface area contributed by atoms with Gasteiger partial charge in [0.05, 0.1) is 17.7 Å². The molecular weight excluding hydrogens is 310 g/mol. The zero-order valence-electron chi connectivity index (χ0n) is 12.6. The van der Waals surface area contributed by atoms with Crippen molar-refractivity contribution in [2.24, 2.45) is 5.73 Å². The second-order valence-electron chi connectivity index (χ2n) is 5.94. The van der Waals surface area contributed by atoms with Gasteiger partial charge in [-0.1, -0.05) is 18.0 Å². The Morgan fingerprint density at radius 3 is 2.91 bits per heavy atom. The van der Waals surface area contributed by atoms with Crippen molar-refractivity contribution in [2.75, 3.05) is 0 Å². The highest BCUT2D eigenvalue weighted by molar-refractivity contribution is 7.13. The molecule has 0 saturated heterocycles. The minimum absolute atomic E-state index is 0.412. The fraction of sp³-hybridized carbons (Fsp3) is 0.375. The molecule has 0 amide bonds. The minimum atomic E-state index is -0.412. The summed E-state index contributed by atoms with van der Waals surface area (Å²) in [5, 5.41) is 7.04. The molecule has 0 bridgehead atoms. The molecule has 1 aliphatic rings. The second kappa shape index (κ2) is 5.82. The molecule has 23 heavy (non-hydrogen) atoms. The summed E-state index contributed by atoms with van der Waals surface area (Å²) in [4.78, 5) is 13.2. The van der Waals surface area contributed by atoms with Crippen LogP contribution in [0.15, 0.2) is 34.4 Å². The summed E-state index contributed by atoms with van der Waals surface area (Å²) in [6, 6.07) is 3.90. The summed E-state index contributed by atoms with van der Waals surface area (Å²) in [7, 11) is 0. The van der Waals surface area contributed by atoms with Gasteiger partial charge in [0.25, 0.3) is 0 Å². The lowest BCUT2D eigenvalue weighted by atomic mass is 9.99. The SMILES string of the molecule is NC1(c2noc(Cc3csc(-c4cccnc4)n3)n2)CCCC1. The maximum atomic E-state index is 6.36. The van der Waals surface area contributed by atoms with Gasteiger partial charge in [0.1, 0.15) is 5.01 Å². The smallest absolute Gasteiger partial charge is 0.232 e. The molecule has 3 heterocycles. The summed E-state index contributed by atoms with van der Waals surface area (Å²) in [6.07, 6.45) is 8.19. The Morgan fingerprint density at radius 1 is 1.26 bits per heavy atom. The van der Waals surface area contributed by atoms with E-state index in [1.807, 2.05) is 23.7 Å². The molecule has 0 unspecified atom stereocenters. The monoisotopic (exact) mass is 327 g/mol. The summed E-state index contributed by atoms with van der Waals surface area (Å²) in [6.45, 7) is 0. The summed E-state index contributed by atoms with van der Waals surface area (Å²) in [5.41, 5.74) is 7.88. The van der Waals surface area contributed by atoms with E-state index in [0.29, 0.717) is 18.1 Å². The first-order chi connectivity index (χ1) is 11.2. The van der Waals surface area contributed by atoms with E-state index in [9.17, 15) is 0 Å². The molecule has 3 aromatic rings. The van der Waals surface area contributed by atoms with Crippen molar-refractivity contribution in [3.63, 3.8) is 0 Å². The van der Waals surface area contributed by atoms with Crippen molar-refractivity contribution < 1.29 is 4.52 Å². The number of thiazole rings is 1. The number of pyridine rings is 1. The highest BCUT2D eigenvalue weighted by Crippen LogP contribution is 2.34. The largest absolute Gasteiger partial charge is 0.339 e. The van der Waals surface area contributed by atoms with Gasteiger partial charge in [-0.3, -0.25) is 4.98 Å². The molecule has 0 aliphatic heterocycles. The van der Waals surface area contributed by atoms with Crippen molar-refractivity contribution in [1.29, 1.82) is 0 Å². The Labute approximate surface area is 137 Å². The van der Waals surface area contributed by atoms with Gasteiger partial charge in [0.15, 0.2) is 5.82 Å². The van der Waals surface area contributed by atoms with Crippen LogP contribution in [0.1, 0.15) is 43.1 Å². The maximum Gasteiger partial charge on any atom is 0.232 e. The van der Waals surface area contributed by atoms with Crippen LogP contribution in [0.5, 0.6) is 0 Å². The average molecular weight is 327 g/mol. The van der Waals surface area contributed by atoms with Crippen LogP contribution in [0.3, 0.4) is 0 Å². The predicted molar refractivity (Wildman–Crippen MR) is 86.8 cm³/mol. The van der Waals surface area contributed by atoms with E-state index in [1.54, 1.807) is 17.5 Å². The van der Waals surface area contributed by atoms with E-state index in [2.05, 4.69) is 20.1 Å². The van der Waals surface area contributed by atoms with E-state index in [4.69, 9.17) is 10.3 Å². The molecule has 4 rings (SSSR count). The van der Waals surface area contributed by atoms with Gasteiger partial charge < -0.3 is 10.3 Å². The third kappa shape index (κ3) is 2.89. The number of aromatic nitrogens is 4. The summed E-state index contributed by atoms with van der Waals surface area (Å²) < 4.78 is 5.37. The molecule has 0 atom stereocenters. The van der Waals surface area contributed by atoms with Gasteiger partial charge >= 0.3 is 0 Å². The quantitative estimate of drug-likeness (QED) is 0.792. The fourth-order valence-corrected chi connectivity index (χ4v) is 3.73. The molecule has 1 aliphatic carbocycles. The Balaban J connectivity index is 1.51. The number of hydrogen-bond acceptors (Lipinski definition) is 7. The van der Waals surface area contributed by atoms with Crippen LogP contribution >= 0.6 is 11.3 Å². The topological polar surface area (TPSA) is 90.7 Å². The van der Waals surface area contributed by atoms with Gasteiger partial charge in [-0.2, -0.15) is 4.98 Å². The maximum absolute atomic E-state index is 6.36. The summed E-state index contributed by atoms with van der Waals surface area (Å²) in [5.74, 6) is 1.20. The first-order valence-electron chi connectivity index (χ1n) is 7.70. The number of rotatable bonds is 4. The van der Waals surface area contributed by atoms with Gasteiger partial charge in [-0.25, -0.2) is 4.98 Å². The number of nitrogens with zero attached hydrogens (tertiary/aromatic N) is 4. The zero-order valence-corrected chi connectivity index (χ0v) is 13.4. The first-order valence-corrected chi connectivity index (χ1v) is 8.58. The fourth-order valence-electron chi connectivity index (χ4n) is 2.92. The highest BCUT2D eigenvalue weighted by atomic mass is 32.1. The Bertz CT molecular complexity index is 792. The van der Waals surface area contributed by atoms with Crippen molar-refractivity contribution in [1.82, 2.24) is 20.1 Å². The lowest BCUT2D eigenvalue weighted by molar-refractivity contribution is 0.352. The van der Waals surface area contributed by atoms with E-state index in [0.717, 1.165) is 41.9 Å². The third-order valence-electron chi connectivity index (χ3n) is 4.20. The highest BCUT2D eigenvalue weighted by Gasteiger charge is 2.35. The Hall–Kier alpha value is -2.12. The van der Waals surface area contributed by atoms with Crippen LogP contribution in [-0.4, -0.2) is 20.1 Å². The van der Waals surface area contributed by atoms with Gasteiger partial charge in [-0.15, -0.1) is 11.3 Å². The minimum Gasteiger partial charge on any atom is -0.339 e. The second-order valence-corrected chi connectivity index (χ2v) is 6.80. The molecule has 0 spiro atoms. The molecule has 7 heteroatoms. The van der Waals surface area contributed by atoms with Crippen molar-refractivity contribution in [3.05, 3.63) is 47.3 Å². The van der Waals surface area contributed by atoms with Crippen LogP contribution in [0.25, 0.3) is 10.6 Å². The van der Waals surface area contributed by atoms with Crippen molar-refractivity contribution >= 4 is 11.3 Å². The molecule has 2 N–H and O–H groups in total.